The molecular formula is C14H18N4O3. The molecule has 2 saturated heterocycles. The lowest BCUT2D eigenvalue weighted by Gasteiger charge is -2.24. The molecule has 0 aliphatic carbocycles. The Morgan fingerprint density at radius 1 is 1.24 bits per heavy atom. The number of fused-ring (bicyclic) bond motifs is 2. The molecule has 2 aliphatic heterocycles. The minimum absolute atomic E-state index is 0.0149. The number of rotatable bonds is 2. The number of ether oxygens (including phenoxy) is 3. The van der Waals surface area contributed by atoms with Crippen LogP contribution in [0, 0.1) is 0 Å². The molecule has 0 amide bonds. The molecule has 7 heteroatoms. The maximum atomic E-state index is 6.14. The minimum Gasteiger partial charge on any atom is -0.349 e. The van der Waals surface area contributed by atoms with Gasteiger partial charge in [-0.2, -0.15) is 0 Å². The summed E-state index contributed by atoms with van der Waals surface area (Å²) in [5.74, 6) is -0.587. The maximum Gasteiger partial charge on any atom is 0.166 e. The minimum atomic E-state index is -0.587. The monoisotopic (exact) mass is 290 g/mol. The first-order valence-electron chi connectivity index (χ1n) is 7.23. The number of nitrogens with zero attached hydrogens (tertiary/aromatic N) is 4. The molecule has 2 aliphatic rings. The summed E-state index contributed by atoms with van der Waals surface area (Å²) in [6.07, 6.45) is 5.33. The van der Waals surface area contributed by atoms with Gasteiger partial charge in [0.15, 0.2) is 17.7 Å². The highest BCUT2D eigenvalue weighted by Gasteiger charge is 2.55. The van der Waals surface area contributed by atoms with Crippen LogP contribution < -0.4 is 0 Å². The fourth-order valence-electron chi connectivity index (χ4n) is 3.18. The fraction of sp³-hybridized carbons (Fsp3) is 0.643. The zero-order valence-corrected chi connectivity index (χ0v) is 12.3. The van der Waals surface area contributed by atoms with Crippen LogP contribution in [0.5, 0.6) is 0 Å². The number of hydrogen-bond acceptors (Lipinski definition) is 6. The zero-order chi connectivity index (χ0) is 14.6. The standard InChI is InChI=1S/C14H18N4O3/c1-4-9-10-11(21-14(2,3)20-10)13(19-9)18-7-17-8-5-15-6-16-12(8)18/h5-7,9-11,13H,4H2,1-3H3/t9-,10-,11-,13-/m1/s1. The van der Waals surface area contributed by atoms with Crippen LogP contribution in [0.25, 0.3) is 11.2 Å². The van der Waals surface area contributed by atoms with Crippen LogP contribution in [0.4, 0.5) is 0 Å². The molecule has 0 bridgehead atoms. The highest BCUT2D eigenvalue weighted by molar-refractivity contribution is 5.69. The third kappa shape index (κ3) is 1.96. The van der Waals surface area contributed by atoms with Gasteiger partial charge in [0.1, 0.15) is 24.1 Å². The van der Waals surface area contributed by atoms with E-state index in [0.29, 0.717) is 0 Å². The van der Waals surface area contributed by atoms with Gasteiger partial charge in [-0.25, -0.2) is 15.0 Å². The molecular weight excluding hydrogens is 272 g/mol. The van der Waals surface area contributed by atoms with Crippen LogP contribution in [0.15, 0.2) is 18.9 Å². The van der Waals surface area contributed by atoms with E-state index in [-0.39, 0.29) is 24.5 Å². The molecule has 4 heterocycles. The molecule has 0 radical (unpaired) electrons. The Bertz CT molecular complexity index is 671. The van der Waals surface area contributed by atoms with Crippen molar-refractivity contribution >= 4 is 11.2 Å². The molecule has 0 unspecified atom stereocenters. The first-order chi connectivity index (χ1) is 10.1. The predicted molar refractivity (Wildman–Crippen MR) is 73.3 cm³/mol. The average Bonchev–Trinajstić information content (AvgIpc) is 3.09. The number of aromatic nitrogens is 4. The Kier molecular flexibility index (Phi) is 2.79. The van der Waals surface area contributed by atoms with Gasteiger partial charge in [-0.1, -0.05) is 6.92 Å². The summed E-state index contributed by atoms with van der Waals surface area (Å²) in [6, 6.07) is 0. The van der Waals surface area contributed by atoms with Crippen molar-refractivity contribution in [3.05, 3.63) is 18.9 Å². The highest BCUT2D eigenvalue weighted by atomic mass is 16.8. The molecule has 4 atom stereocenters. The second kappa shape index (κ2) is 4.46. The van der Waals surface area contributed by atoms with E-state index in [0.717, 1.165) is 17.6 Å². The Labute approximate surface area is 122 Å². The Morgan fingerprint density at radius 3 is 2.86 bits per heavy atom. The van der Waals surface area contributed by atoms with Crippen LogP contribution in [0.2, 0.25) is 0 Å². The first-order valence-corrected chi connectivity index (χ1v) is 7.23. The lowest BCUT2D eigenvalue weighted by Crippen LogP contribution is -2.28. The molecule has 7 nitrogen and oxygen atoms in total. The fourth-order valence-corrected chi connectivity index (χ4v) is 3.18. The quantitative estimate of drug-likeness (QED) is 0.837. The topological polar surface area (TPSA) is 71.3 Å². The second-order valence-corrected chi connectivity index (χ2v) is 5.92. The lowest BCUT2D eigenvalue weighted by atomic mass is 10.1. The Balaban J connectivity index is 1.75. The largest absolute Gasteiger partial charge is 0.349 e. The van der Waals surface area contributed by atoms with Crippen LogP contribution in [-0.4, -0.2) is 43.6 Å². The third-order valence-corrected chi connectivity index (χ3v) is 4.04. The molecule has 21 heavy (non-hydrogen) atoms. The van der Waals surface area contributed by atoms with Gasteiger partial charge in [0.25, 0.3) is 0 Å². The van der Waals surface area contributed by atoms with Crippen molar-refractivity contribution < 1.29 is 14.2 Å². The molecule has 2 aromatic rings. The normalized spacial score (nSPS) is 34.4. The summed E-state index contributed by atoms with van der Waals surface area (Å²) in [7, 11) is 0. The van der Waals surface area contributed by atoms with Gasteiger partial charge in [0.05, 0.1) is 18.6 Å². The van der Waals surface area contributed by atoms with Crippen molar-refractivity contribution in [1.29, 1.82) is 0 Å². The van der Waals surface area contributed by atoms with Crippen LogP contribution in [-0.2, 0) is 14.2 Å². The van der Waals surface area contributed by atoms with Crippen molar-refractivity contribution in [2.24, 2.45) is 0 Å². The molecule has 2 fully saturated rings. The summed E-state index contributed by atoms with van der Waals surface area (Å²) in [6.45, 7) is 5.96. The second-order valence-electron chi connectivity index (χ2n) is 5.92. The van der Waals surface area contributed by atoms with E-state index in [1.807, 2.05) is 18.4 Å². The molecule has 4 rings (SSSR count). The van der Waals surface area contributed by atoms with Crippen LogP contribution in [0.1, 0.15) is 33.4 Å². The average molecular weight is 290 g/mol. The third-order valence-electron chi connectivity index (χ3n) is 4.04. The van der Waals surface area contributed by atoms with Crippen LogP contribution >= 0.6 is 0 Å². The van der Waals surface area contributed by atoms with Crippen molar-refractivity contribution in [3.63, 3.8) is 0 Å². The van der Waals surface area contributed by atoms with E-state index in [4.69, 9.17) is 14.2 Å². The highest BCUT2D eigenvalue weighted by Crippen LogP contribution is 2.44. The van der Waals surface area contributed by atoms with E-state index in [9.17, 15) is 0 Å². The van der Waals surface area contributed by atoms with E-state index >= 15 is 0 Å². The maximum absolute atomic E-state index is 6.14. The van der Waals surface area contributed by atoms with E-state index in [1.165, 1.54) is 6.33 Å². The smallest absolute Gasteiger partial charge is 0.166 e. The lowest BCUT2D eigenvalue weighted by molar-refractivity contribution is -0.196. The van der Waals surface area contributed by atoms with Crippen molar-refractivity contribution in [2.45, 2.75) is 57.5 Å². The summed E-state index contributed by atoms with van der Waals surface area (Å²) in [5.41, 5.74) is 1.49. The molecule has 112 valence electrons. The van der Waals surface area contributed by atoms with Gasteiger partial charge >= 0.3 is 0 Å². The number of hydrogen-bond donors (Lipinski definition) is 0. The predicted octanol–water partition coefficient (Wildman–Crippen LogP) is 1.65. The zero-order valence-electron chi connectivity index (χ0n) is 12.3. The Morgan fingerprint density at radius 2 is 2.05 bits per heavy atom. The van der Waals surface area contributed by atoms with Crippen molar-refractivity contribution in [1.82, 2.24) is 19.5 Å². The number of imidazole rings is 1. The van der Waals surface area contributed by atoms with Gasteiger partial charge in [-0.3, -0.25) is 4.57 Å². The van der Waals surface area contributed by atoms with Crippen molar-refractivity contribution in [2.75, 3.05) is 0 Å². The molecule has 0 saturated carbocycles. The molecule has 0 spiro atoms. The summed E-state index contributed by atoms with van der Waals surface area (Å²) < 4.78 is 20.1. The summed E-state index contributed by atoms with van der Waals surface area (Å²) in [5, 5.41) is 0. The van der Waals surface area contributed by atoms with E-state index in [2.05, 4.69) is 21.9 Å². The van der Waals surface area contributed by atoms with Gasteiger partial charge in [0.2, 0.25) is 0 Å². The van der Waals surface area contributed by atoms with E-state index < -0.39 is 5.79 Å². The van der Waals surface area contributed by atoms with Gasteiger partial charge in [0, 0.05) is 0 Å². The van der Waals surface area contributed by atoms with Crippen LogP contribution in [0.3, 0.4) is 0 Å². The first kappa shape index (κ1) is 13.1. The van der Waals surface area contributed by atoms with Gasteiger partial charge in [-0.15, -0.1) is 0 Å². The Hall–Kier alpha value is -1.57. The summed E-state index contributed by atoms with van der Waals surface area (Å²) >= 11 is 0. The van der Waals surface area contributed by atoms with E-state index in [1.54, 1.807) is 12.5 Å². The van der Waals surface area contributed by atoms with Crippen molar-refractivity contribution in [3.8, 4) is 0 Å². The SMILES string of the molecule is CC[C@H]1O[C@@H](n2cnc3cncnc32)[C@@H]2OC(C)(C)O[C@@H]21. The molecule has 2 aromatic heterocycles. The molecule has 0 aromatic carbocycles. The summed E-state index contributed by atoms with van der Waals surface area (Å²) in [4.78, 5) is 12.6. The van der Waals surface area contributed by atoms with Gasteiger partial charge < -0.3 is 14.2 Å². The van der Waals surface area contributed by atoms with Gasteiger partial charge in [-0.05, 0) is 20.3 Å². The molecule has 0 N–H and O–H groups in total.